The van der Waals surface area contributed by atoms with Crippen molar-refractivity contribution in [2.45, 2.75) is 19.5 Å². The fourth-order valence-electron chi connectivity index (χ4n) is 2.90. The molecule has 0 saturated carbocycles. The third-order valence-corrected chi connectivity index (χ3v) is 4.39. The van der Waals surface area contributed by atoms with E-state index >= 15 is 0 Å². The van der Waals surface area contributed by atoms with Crippen molar-refractivity contribution in [1.82, 2.24) is 24.7 Å². The van der Waals surface area contributed by atoms with E-state index in [0.29, 0.717) is 41.0 Å². The maximum atomic E-state index is 12.8. The Morgan fingerprint density at radius 3 is 2.79 bits per heavy atom. The van der Waals surface area contributed by atoms with Gasteiger partial charge in [0.2, 0.25) is 5.76 Å². The second-order valence-corrected chi connectivity index (χ2v) is 6.56. The fraction of sp³-hybridized carbons (Fsp3) is 0.263. The van der Waals surface area contributed by atoms with Gasteiger partial charge in [0.1, 0.15) is 5.52 Å². The summed E-state index contributed by atoms with van der Waals surface area (Å²) in [6, 6.07) is 10.9. The molecule has 0 aliphatic heterocycles. The van der Waals surface area contributed by atoms with Crippen molar-refractivity contribution in [3.63, 3.8) is 0 Å². The monoisotopic (exact) mass is 396 g/mol. The van der Waals surface area contributed by atoms with Crippen LogP contribution in [0.4, 0.5) is 5.82 Å². The van der Waals surface area contributed by atoms with Crippen molar-refractivity contribution in [2.24, 2.45) is 0 Å². The lowest BCUT2D eigenvalue weighted by Crippen LogP contribution is -2.28. The molecule has 3 aromatic heterocycles. The summed E-state index contributed by atoms with van der Waals surface area (Å²) >= 11 is 0. The van der Waals surface area contributed by atoms with E-state index in [1.54, 1.807) is 13.0 Å². The second kappa shape index (κ2) is 7.76. The summed E-state index contributed by atoms with van der Waals surface area (Å²) in [5.74, 6) is 1.36. The van der Waals surface area contributed by atoms with Gasteiger partial charge in [0, 0.05) is 6.04 Å². The van der Waals surface area contributed by atoms with E-state index in [4.69, 9.17) is 9.26 Å². The number of aromatic amines is 1. The quantitative estimate of drug-likeness (QED) is 0.429. The predicted molar refractivity (Wildman–Crippen MR) is 106 cm³/mol. The number of H-pyrrole nitrogens is 1. The highest BCUT2D eigenvalue weighted by Crippen LogP contribution is 2.26. The van der Waals surface area contributed by atoms with Crippen LogP contribution in [0.2, 0.25) is 0 Å². The Labute approximate surface area is 165 Å². The molecule has 10 heteroatoms. The first kappa shape index (κ1) is 18.7. The molecule has 3 heterocycles. The number of fused-ring (bicyclic) bond motifs is 1. The number of aliphatic hydroxyl groups excluding tert-OH is 1. The van der Waals surface area contributed by atoms with Gasteiger partial charge in [-0.3, -0.25) is 4.57 Å². The molecule has 3 N–H and O–H groups in total. The van der Waals surface area contributed by atoms with Gasteiger partial charge in [0.05, 0.1) is 26.3 Å². The maximum Gasteiger partial charge on any atom is 0.351 e. The van der Waals surface area contributed by atoms with Crippen LogP contribution in [0, 0.1) is 0 Å². The molecule has 10 nitrogen and oxygen atoms in total. The second-order valence-electron chi connectivity index (χ2n) is 6.56. The molecule has 0 saturated heterocycles. The molecule has 0 aliphatic carbocycles. The summed E-state index contributed by atoms with van der Waals surface area (Å²) in [7, 11) is 1.49. The molecule has 4 rings (SSSR count). The van der Waals surface area contributed by atoms with Crippen LogP contribution >= 0.6 is 0 Å². The topological polar surface area (TPSA) is 131 Å². The summed E-state index contributed by atoms with van der Waals surface area (Å²) in [6.45, 7) is 1.97. The molecular weight excluding hydrogens is 376 g/mol. The van der Waals surface area contributed by atoms with E-state index in [2.05, 4.69) is 25.4 Å². The number of aromatic nitrogens is 5. The summed E-state index contributed by atoms with van der Waals surface area (Å²) in [5, 5.41) is 16.2. The van der Waals surface area contributed by atoms with Crippen LogP contribution in [0.25, 0.3) is 22.7 Å². The van der Waals surface area contributed by atoms with Gasteiger partial charge in [-0.2, -0.15) is 4.98 Å². The zero-order valence-corrected chi connectivity index (χ0v) is 15.9. The molecule has 0 spiro atoms. The van der Waals surface area contributed by atoms with Crippen LogP contribution < -0.4 is 15.7 Å². The van der Waals surface area contributed by atoms with E-state index in [9.17, 15) is 9.90 Å². The first-order chi connectivity index (χ1) is 14.1. The summed E-state index contributed by atoms with van der Waals surface area (Å²) < 4.78 is 11.8. The Hall–Kier alpha value is -3.66. The van der Waals surface area contributed by atoms with Gasteiger partial charge >= 0.3 is 5.69 Å². The highest BCUT2D eigenvalue weighted by molar-refractivity contribution is 5.85. The van der Waals surface area contributed by atoms with Crippen LogP contribution in [-0.4, -0.2) is 49.5 Å². The van der Waals surface area contributed by atoms with Crippen molar-refractivity contribution >= 4 is 17.0 Å². The minimum Gasteiger partial charge on any atom is -0.479 e. The van der Waals surface area contributed by atoms with E-state index in [1.807, 2.05) is 30.3 Å². The highest BCUT2D eigenvalue weighted by Gasteiger charge is 2.19. The van der Waals surface area contributed by atoms with E-state index in [0.717, 1.165) is 5.56 Å². The normalized spacial score (nSPS) is 12.2. The number of benzene rings is 1. The van der Waals surface area contributed by atoms with Gasteiger partial charge in [-0.1, -0.05) is 30.3 Å². The van der Waals surface area contributed by atoms with E-state index in [1.165, 1.54) is 11.7 Å². The lowest BCUT2D eigenvalue weighted by molar-refractivity contribution is 0.281. The molecule has 1 atom stereocenters. The van der Waals surface area contributed by atoms with Crippen LogP contribution in [0.3, 0.4) is 0 Å². The van der Waals surface area contributed by atoms with Crippen molar-refractivity contribution in [1.29, 1.82) is 0 Å². The van der Waals surface area contributed by atoms with Crippen LogP contribution in [0.5, 0.6) is 5.88 Å². The Balaban J connectivity index is 1.87. The molecular formula is C19H20N6O4. The van der Waals surface area contributed by atoms with Gasteiger partial charge < -0.3 is 24.7 Å². The average molecular weight is 396 g/mol. The molecule has 0 fully saturated rings. The molecule has 0 amide bonds. The number of rotatable bonds is 7. The van der Waals surface area contributed by atoms with Crippen LogP contribution in [0.15, 0.2) is 45.7 Å². The molecule has 0 aliphatic rings. The van der Waals surface area contributed by atoms with Crippen molar-refractivity contribution in [3.8, 4) is 17.5 Å². The minimum atomic E-state index is -0.456. The Morgan fingerprint density at radius 2 is 2.10 bits per heavy atom. The Bertz CT molecular complexity index is 1180. The SMILES string of the molecule is COc1cc(-c2nc3c([nH]2)c(NC(C)CO)nc(=O)n3Cc2ccccc2)on1. The smallest absolute Gasteiger partial charge is 0.351 e. The van der Waals surface area contributed by atoms with Gasteiger partial charge in [-0.25, -0.2) is 9.78 Å². The Kier molecular flexibility index (Phi) is 5.00. The fourth-order valence-corrected chi connectivity index (χ4v) is 2.90. The van der Waals surface area contributed by atoms with Crippen molar-refractivity contribution < 1.29 is 14.4 Å². The van der Waals surface area contributed by atoms with Gasteiger partial charge in [0.15, 0.2) is 17.3 Å². The lowest BCUT2D eigenvalue weighted by Gasteiger charge is -2.13. The number of hydrogen-bond acceptors (Lipinski definition) is 8. The minimum absolute atomic E-state index is 0.115. The number of hydrogen-bond donors (Lipinski definition) is 3. The number of aliphatic hydroxyl groups is 1. The largest absolute Gasteiger partial charge is 0.479 e. The van der Waals surface area contributed by atoms with Gasteiger partial charge in [-0.05, 0) is 17.6 Å². The number of nitrogens with one attached hydrogen (secondary N) is 2. The van der Waals surface area contributed by atoms with Gasteiger partial charge in [0.25, 0.3) is 5.88 Å². The third kappa shape index (κ3) is 3.69. The molecule has 1 unspecified atom stereocenters. The zero-order chi connectivity index (χ0) is 20.4. The molecule has 0 radical (unpaired) electrons. The molecule has 29 heavy (non-hydrogen) atoms. The molecule has 0 bridgehead atoms. The standard InChI is InChI=1S/C19H20N6O4/c1-11(10-26)20-17-15-18(22-16(21-15)13-8-14(28-2)24-29-13)25(19(27)23-17)9-12-6-4-3-5-7-12/h3-8,11,26H,9-10H2,1-2H3,(H,21,22)(H,20,23,27). The van der Waals surface area contributed by atoms with E-state index in [-0.39, 0.29) is 12.6 Å². The first-order valence-corrected chi connectivity index (χ1v) is 9.02. The average Bonchev–Trinajstić information content (AvgIpc) is 3.38. The van der Waals surface area contributed by atoms with Crippen LogP contribution in [-0.2, 0) is 6.54 Å². The zero-order valence-electron chi connectivity index (χ0n) is 15.9. The highest BCUT2D eigenvalue weighted by atomic mass is 16.5. The molecule has 1 aromatic carbocycles. The maximum absolute atomic E-state index is 12.8. The molecule has 4 aromatic rings. The Morgan fingerprint density at radius 1 is 1.31 bits per heavy atom. The predicted octanol–water partition coefficient (Wildman–Crippen LogP) is 1.62. The number of ether oxygens (including phenoxy) is 1. The summed E-state index contributed by atoms with van der Waals surface area (Å²) in [4.78, 5) is 24.6. The lowest BCUT2D eigenvalue weighted by atomic mass is 10.2. The molecule has 150 valence electrons. The van der Waals surface area contributed by atoms with Crippen LogP contribution in [0.1, 0.15) is 12.5 Å². The summed E-state index contributed by atoms with van der Waals surface area (Å²) in [5.41, 5.74) is 1.41. The van der Waals surface area contributed by atoms with Gasteiger partial charge in [-0.15, -0.1) is 0 Å². The number of methoxy groups -OCH3 is 1. The number of nitrogens with zero attached hydrogens (tertiary/aromatic N) is 4. The summed E-state index contributed by atoms with van der Waals surface area (Å²) in [6.07, 6.45) is 0. The number of imidazole rings is 1. The third-order valence-electron chi connectivity index (χ3n) is 4.39. The first-order valence-electron chi connectivity index (χ1n) is 9.02. The van der Waals surface area contributed by atoms with Crippen molar-refractivity contribution in [2.75, 3.05) is 19.0 Å². The van der Waals surface area contributed by atoms with E-state index < -0.39 is 5.69 Å². The van der Waals surface area contributed by atoms with Crippen molar-refractivity contribution in [3.05, 3.63) is 52.4 Å². The number of anilines is 1.